The van der Waals surface area contributed by atoms with Crippen LogP contribution in [0.5, 0.6) is 5.75 Å². The monoisotopic (exact) mass is 449 g/mol. The summed E-state index contributed by atoms with van der Waals surface area (Å²) in [6, 6.07) is 7.31. The molecule has 1 fully saturated rings. The van der Waals surface area contributed by atoms with E-state index < -0.39 is 5.91 Å². The van der Waals surface area contributed by atoms with Gasteiger partial charge in [-0.2, -0.15) is 5.10 Å². The number of anilines is 1. The Bertz CT molecular complexity index is 1120. The molecule has 0 spiro atoms. The number of hydrogen-bond acceptors (Lipinski definition) is 5. The SMILES string of the molecule is COc1ccccc1C(=O)NCC1=CCC(c2nn([C@H]3CC[C@H](C)C3)c(N)c2C(N)=O)C=C1. The van der Waals surface area contributed by atoms with Gasteiger partial charge in [0, 0.05) is 12.5 Å². The maximum Gasteiger partial charge on any atom is 0.255 e. The highest BCUT2D eigenvalue weighted by molar-refractivity contribution is 5.99. The number of ether oxygens (including phenoxy) is 1. The highest BCUT2D eigenvalue weighted by Gasteiger charge is 2.31. The van der Waals surface area contributed by atoms with Crippen molar-refractivity contribution in [2.75, 3.05) is 19.4 Å². The van der Waals surface area contributed by atoms with Crippen LogP contribution in [-0.2, 0) is 0 Å². The molecule has 2 amide bonds. The Hall–Kier alpha value is -3.55. The first kappa shape index (κ1) is 22.6. The van der Waals surface area contributed by atoms with Crippen molar-refractivity contribution in [2.45, 2.75) is 44.6 Å². The average molecular weight is 450 g/mol. The summed E-state index contributed by atoms with van der Waals surface area (Å²) in [6.07, 6.45) is 9.77. The standard InChI is InChI=1S/C25H31N5O3/c1-15-7-12-18(13-15)30-23(26)21(24(27)31)22(29-30)17-10-8-16(9-11-17)14-28-25(32)19-5-3-4-6-20(19)33-2/h3-6,8-10,15,17-18H,7,11-14,26H2,1-2H3,(H2,27,31)(H,28,32)/t15-,17?,18-/m0/s1. The van der Waals surface area contributed by atoms with Gasteiger partial charge >= 0.3 is 0 Å². The molecule has 0 bridgehead atoms. The Morgan fingerprint density at radius 3 is 2.70 bits per heavy atom. The number of nitrogen functional groups attached to an aromatic ring is 1. The third-order valence-electron chi connectivity index (χ3n) is 6.57. The minimum absolute atomic E-state index is 0.0939. The Kier molecular flexibility index (Phi) is 6.53. The molecule has 2 aromatic rings. The molecule has 0 aliphatic heterocycles. The Morgan fingerprint density at radius 2 is 2.06 bits per heavy atom. The second-order valence-electron chi connectivity index (χ2n) is 8.89. The molecule has 174 valence electrons. The molecule has 2 aliphatic rings. The fourth-order valence-corrected chi connectivity index (χ4v) is 4.76. The van der Waals surface area contributed by atoms with Crippen molar-refractivity contribution in [3.8, 4) is 5.75 Å². The Balaban J connectivity index is 1.45. The van der Waals surface area contributed by atoms with Gasteiger partial charge in [-0.3, -0.25) is 9.59 Å². The Morgan fingerprint density at radius 1 is 1.27 bits per heavy atom. The van der Waals surface area contributed by atoms with Crippen LogP contribution in [0.4, 0.5) is 5.82 Å². The van der Waals surface area contributed by atoms with Gasteiger partial charge in [0.05, 0.1) is 24.4 Å². The molecule has 1 unspecified atom stereocenters. The lowest BCUT2D eigenvalue weighted by Crippen LogP contribution is -2.26. The van der Waals surface area contributed by atoms with Crippen molar-refractivity contribution < 1.29 is 14.3 Å². The summed E-state index contributed by atoms with van der Waals surface area (Å²) in [5.74, 6) is 0.675. The lowest BCUT2D eigenvalue weighted by atomic mass is 9.91. The van der Waals surface area contributed by atoms with Crippen molar-refractivity contribution in [3.05, 3.63) is 64.9 Å². The van der Waals surface area contributed by atoms with Crippen LogP contribution >= 0.6 is 0 Å². The molecule has 1 heterocycles. The predicted octanol–water partition coefficient (Wildman–Crippen LogP) is 3.33. The van der Waals surface area contributed by atoms with Crippen molar-refractivity contribution >= 4 is 17.6 Å². The smallest absolute Gasteiger partial charge is 0.255 e. The maximum atomic E-state index is 12.5. The third kappa shape index (κ3) is 4.65. The van der Waals surface area contributed by atoms with Crippen LogP contribution in [0.15, 0.2) is 48.1 Å². The van der Waals surface area contributed by atoms with Crippen molar-refractivity contribution in [1.82, 2.24) is 15.1 Å². The van der Waals surface area contributed by atoms with Crippen LogP contribution in [0.3, 0.4) is 0 Å². The molecule has 33 heavy (non-hydrogen) atoms. The Labute approximate surface area is 193 Å². The highest BCUT2D eigenvalue weighted by Crippen LogP contribution is 2.38. The molecule has 2 aliphatic carbocycles. The number of methoxy groups -OCH3 is 1. The number of carbonyl (C=O) groups excluding carboxylic acids is 2. The number of nitrogens with zero attached hydrogens (tertiary/aromatic N) is 2. The zero-order chi connectivity index (χ0) is 23.5. The number of amides is 2. The van der Waals surface area contributed by atoms with Gasteiger partial charge in [0.15, 0.2) is 0 Å². The number of benzene rings is 1. The van der Waals surface area contributed by atoms with Crippen molar-refractivity contribution in [2.24, 2.45) is 11.7 Å². The minimum atomic E-state index is -0.549. The van der Waals surface area contributed by atoms with Crippen molar-refractivity contribution in [3.63, 3.8) is 0 Å². The summed E-state index contributed by atoms with van der Waals surface area (Å²) >= 11 is 0. The molecular weight excluding hydrogens is 418 g/mol. The number of para-hydroxylation sites is 1. The summed E-state index contributed by atoms with van der Waals surface area (Å²) in [4.78, 5) is 24.7. The average Bonchev–Trinajstić information content (AvgIpc) is 3.40. The molecule has 8 nitrogen and oxygen atoms in total. The normalized spacial score (nSPS) is 22.1. The molecule has 3 atom stereocenters. The second kappa shape index (κ2) is 9.52. The van der Waals surface area contributed by atoms with Gasteiger partial charge in [0.25, 0.3) is 11.8 Å². The van der Waals surface area contributed by atoms with Crippen LogP contribution in [0, 0.1) is 5.92 Å². The van der Waals surface area contributed by atoms with Gasteiger partial charge in [0.2, 0.25) is 0 Å². The first-order valence-corrected chi connectivity index (χ1v) is 11.3. The number of carbonyl (C=O) groups is 2. The van der Waals surface area contributed by atoms with Gasteiger partial charge in [-0.05, 0) is 49.3 Å². The van der Waals surface area contributed by atoms with Crippen LogP contribution in [0.25, 0.3) is 0 Å². The zero-order valence-corrected chi connectivity index (χ0v) is 19.1. The van der Waals surface area contributed by atoms with Crippen molar-refractivity contribution in [1.29, 1.82) is 0 Å². The zero-order valence-electron chi connectivity index (χ0n) is 19.1. The highest BCUT2D eigenvalue weighted by atomic mass is 16.5. The topological polar surface area (TPSA) is 125 Å². The van der Waals surface area contributed by atoms with Gasteiger partial charge in [0.1, 0.15) is 17.1 Å². The summed E-state index contributed by atoms with van der Waals surface area (Å²) in [7, 11) is 1.54. The van der Waals surface area contributed by atoms with E-state index in [1.807, 2.05) is 24.3 Å². The van der Waals surface area contributed by atoms with Crippen LogP contribution < -0.4 is 21.5 Å². The number of rotatable bonds is 7. The molecule has 1 saturated carbocycles. The fraction of sp³-hybridized carbons (Fsp3) is 0.400. The van der Waals surface area contributed by atoms with Gasteiger partial charge in [-0.25, -0.2) is 4.68 Å². The van der Waals surface area contributed by atoms with E-state index in [-0.39, 0.29) is 17.9 Å². The summed E-state index contributed by atoms with van der Waals surface area (Å²) < 4.78 is 7.06. The molecule has 4 rings (SSSR count). The molecule has 0 saturated heterocycles. The first-order valence-electron chi connectivity index (χ1n) is 11.3. The van der Waals surface area contributed by atoms with E-state index in [9.17, 15) is 9.59 Å². The molecule has 1 aromatic carbocycles. The van der Waals surface area contributed by atoms with Crippen LogP contribution in [-0.4, -0.2) is 35.2 Å². The number of nitrogens with one attached hydrogen (secondary N) is 1. The number of aromatic nitrogens is 2. The molecule has 8 heteroatoms. The third-order valence-corrected chi connectivity index (χ3v) is 6.57. The predicted molar refractivity (Wildman–Crippen MR) is 127 cm³/mol. The van der Waals surface area contributed by atoms with Gasteiger partial charge in [-0.1, -0.05) is 37.3 Å². The molecule has 0 radical (unpaired) electrons. The van der Waals surface area contributed by atoms with Crippen LogP contribution in [0.1, 0.15) is 71.0 Å². The largest absolute Gasteiger partial charge is 0.496 e. The molecular formula is C25H31N5O3. The van der Waals surface area contributed by atoms with E-state index in [0.717, 1.165) is 24.8 Å². The van der Waals surface area contributed by atoms with E-state index in [1.165, 1.54) is 0 Å². The van der Waals surface area contributed by atoms with E-state index in [1.54, 1.807) is 30.0 Å². The van der Waals surface area contributed by atoms with E-state index in [4.69, 9.17) is 21.3 Å². The van der Waals surface area contributed by atoms with E-state index >= 15 is 0 Å². The lowest BCUT2D eigenvalue weighted by molar-refractivity contribution is 0.0952. The first-order chi connectivity index (χ1) is 15.9. The number of nitrogens with two attached hydrogens (primary N) is 2. The summed E-state index contributed by atoms with van der Waals surface area (Å²) in [6.45, 7) is 2.61. The lowest BCUT2D eigenvalue weighted by Gasteiger charge is -2.16. The van der Waals surface area contributed by atoms with Crippen LogP contribution in [0.2, 0.25) is 0 Å². The number of hydrogen-bond donors (Lipinski definition) is 3. The fourth-order valence-electron chi connectivity index (χ4n) is 4.76. The summed E-state index contributed by atoms with van der Waals surface area (Å²) in [5.41, 5.74) is 14.4. The second-order valence-corrected chi connectivity index (χ2v) is 8.89. The number of allylic oxidation sites excluding steroid dienone is 2. The van der Waals surface area contributed by atoms with Gasteiger partial charge in [-0.15, -0.1) is 0 Å². The number of primary amides is 1. The molecule has 1 aromatic heterocycles. The maximum absolute atomic E-state index is 12.5. The molecule has 5 N–H and O–H groups in total. The summed E-state index contributed by atoms with van der Waals surface area (Å²) in [5, 5.41) is 7.69. The van der Waals surface area contributed by atoms with Gasteiger partial charge < -0.3 is 21.5 Å². The quantitative estimate of drug-likeness (QED) is 0.598. The minimum Gasteiger partial charge on any atom is -0.496 e. The van der Waals surface area contributed by atoms with E-state index in [2.05, 4.69) is 12.2 Å². The van der Waals surface area contributed by atoms with E-state index in [0.29, 0.717) is 47.3 Å².